The van der Waals surface area contributed by atoms with Gasteiger partial charge in [0.2, 0.25) is 0 Å². The summed E-state index contributed by atoms with van der Waals surface area (Å²) in [6.45, 7) is 4.42. The van der Waals surface area contributed by atoms with Gasteiger partial charge in [-0.25, -0.2) is 0 Å². The molecule has 0 aromatic rings. The van der Waals surface area contributed by atoms with Crippen LogP contribution >= 0.6 is 0 Å². The van der Waals surface area contributed by atoms with Crippen LogP contribution in [0.3, 0.4) is 0 Å². The minimum atomic E-state index is 0. The number of rotatable bonds is 1. The summed E-state index contributed by atoms with van der Waals surface area (Å²) >= 11 is 2.22. The quantitative estimate of drug-likeness (QED) is 0.441. The molecule has 2 heteroatoms. The summed E-state index contributed by atoms with van der Waals surface area (Å²) in [6.07, 6.45) is 1.31. The third-order valence-corrected chi connectivity index (χ3v) is 0.816. The number of hydrogen-bond donors (Lipinski definition) is 0. The Kier molecular flexibility index (Phi) is 12.3. The summed E-state index contributed by atoms with van der Waals surface area (Å²) in [5, 5.41) is 0. The Balaban J connectivity index is 0. The molecule has 0 fully saturated rings. The molecule has 0 radical (unpaired) electrons. The van der Waals surface area contributed by atoms with E-state index >= 15 is 0 Å². The Bertz CT molecular complexity index is 21.5. The molecule has 0 amide bonds. The van der Waals surface area contributed by atoms with E-state index in [1.807, 2.05) is 0 Å². The normalized spacial score (nSPS) is 12.7. The fourth-order valence-electron chi connectivity index (χ4n) is 0. The molecular weight excluding hydrogens is 94.9 g/mol. The van der Waals surface area contributed by atoms with Crippen LogP contribution in [-0.2, 0) is 0 Å². The van der Waals surface area contributed by atoms with Gasteiger partial charge in [-0.2, -0.15) is 0 Å². The van der Waals surface area contributed by atoms with Crippen molar-refractivity contribution in [3.63, 3.8) is 0 Å². The van der Waals surface area contributed by atoms with Crippen LogP contribution in [0, 0.1) is 37.7 Å². The fourth-order valence-corrected chi connectivity index (χ4v) is 0. The van der Waals surface area contributed by atoms with Crippen molar-refractivity contribution in [1.29, 1.82) is 0 Å². The van der Waals surface area contributed by atoms with Gasteiger partial charge in [-0.15, -0.1) is 0 Å². The van der Waals surface area contributed by atoms with Crippen molar-refractivity contribution in [2.45, 2.75) is 24.9 Å². The predicted octanol–water partition coefficient (Wildman–Crippen LogP) is 1.37. The van der Waals surface area contributed by atoms with E-state index in [1.54, 1.807) is 0 Å². The molecule has 0 aliphatic rings. The van der Waals surface area contributed by atoms with Crippen molar-refractivity contribution in [2.75, 3.05) is 0 Å². The molecule has 0 heterocycles. The Morgan fingerprint density at radius 2 is 1.83 bits per heavy atom. The molecule has 0 aliphatic heterocycles. The van der Waals surface area contributed by atoms with Gasteiger partial charge in [0.25, 0.3) is 0 Å². The zero-order valence-corrected chi connectivity index (χ0v) is 5.35. The van der Waals surface area contributed by atoms with E-state index in [9.17, 15) is 0 Å². The second kappa shape index (κ2) is 6.86. The van der Waals surface area contributed by atoms with Crippen LogP contribution in [0.2, 0.25) is 4.59 Å². The molecule has 0 saturated heterocycles. The second-order valence-corrected chi connectivity index (χ2v) is 1.80. The van der Waals surface area contributed by atoms with Crippen molar-refractivity contribution < 1.29 is 37.7 Å². The molecule has 0 aliphatic carbocycles. The molecule has 0 spiro atoms. The van der Waals surface area contributed by atoms with Crippen LogP contribution in [0.5, 0.6) is 0 Å². The Morgan fingerprint density at radius 3 is 1.83 bits per heavy atom. The van der Waals surface area contributed by atoms with Crippen LogP contribution in [0.15, 0.2) is 0 Å². The Morgan fingerprint density at radius 1 is 1.67 bits per heavy atom. The van der Waals surface area contributed by atoms with E-state index in [0.717, 1.165) is 4.59 Å². The summed E-state index contributed by atoms with van der Waals surface area (Å²) in [7, 11) is 0. The standard InChI is InChI=1S/C4H9.Ar.Li/c1-3-4-2;;/h3H,4H2,1-2H3;;. The Labute approximate surface area is 79.3 Å². The predicted molar refractivity (Wildman–Crippen MR) is 25.5 cm³/mol. The molecule has 0 aromatic carbocycles. The summed E-state index contributed by atoms with van der Waals surface area (Å²) in [4.78, 5) is 0. The van der Waals surface area contributed by atoms with Gasteiger partial charge in [0.1, 0.15) is 0 Å². The minimum absolute atomic E-state index is 0. The topological polar surface area (TPSA) is 0 Å². The van der Waals surface area contributed by atoms with Gasteiger partial charge in [-0.3, -0.25) is 0 Å². The molecular formula is C4H9ArLi. The maximum absolute atomic E-state index is 2.22. The first kappa shape index (κ1) is 10.8. The van der Waals surface area contributed by atoms with Crippen molar-refractivity contribution >= 4 is 17.7 Å². The van der Waals surface area contributed by atoms with Gasteiger partial charge in [0.05, 0.1) is 0 Å². The van der Waals surface area contributed by atoms with Gasteiger partial charge >= 0.3 is 42.6 Å². The molecule has 0 saturated carbocycles. The molecule has 34 valence electrons. The first-order chi connectivity index (χ1) is 2.27. The second-order valence-electron chi connectivity index (χ2n) is 1.80. The average Bonchev–Trinajstić information content (AvgIpc) is 1.38. The van der Waals surface area contributed by atoms with E-state index in [-0.39, 0.29) is 37.7 Å². The van der Waals surface area contributed by atoms with Crippen molar-refractivity contribution in [2.24, 2.45) is 0 Å². The van der Waals surface area contributed by atoms with Crippen molar-refractivity contribution in [1.82, 2.24) is 0 Å². The van der Waals surface area contributed by atoms with Gasteiger partial charge in [-0.1, -0.05) is 0 Å². The number of hydrogen-bond acceptors (Lipinski definition) is 0. The average molecular weight is 104 g/mol. The van der Waals surface area contributed by atoms with Gasteiger partial charge in [0.15, 0.2) is 0 Å². The Hall–Kier alpha value is 1.86. The van der Waals surface area contributed by atoms with Crippen LogP contribution in [0.4, 0.5) is 0 Å². The van der Waals surface area contributed by atoms with Gasteiger partial charge < -0.3 is 0 Å². The van der Waals surface area contributed by atoms with Crippen LogP contribution in [0.25, 0.3) is 0 Å². The third-order valence-electron chi connectivity index (χ3n) is 0.816. The van der Waals surface area contributed by atoms with Gasteiger partial charge in [0, 0.05) is 37.7 Å². The molecule has 0 N–H and O–H groups in total. The van der Waals surface area contributed by atoms with Crippen LogP contribution in [-0.4, -0.2) is 17.7 Å². The van der Waals surface area contributed by atoms with Gasteiger partial charge in [-0.05, 0) is 0 Å². The van der Waals surface area contributed by atoms with E-state index < -0.39 is 0 Å². The van der Waals surface area contributed by atoms with E-state index in [4.69, 9.17) is 0 Å². The zero-order chi connectivity index (χ0) is 4.28. The molecule has 1 atom stereocenters. The molecule has 0 rings (SSSR count). The maximum atomic E-state index is 2.22. The van der Waals surface area contributed by atoms with Crippen LogP contribution < -0.4 is 0 Å². The monoisotopic (exact) mass is 104 g/mol. The SMILES string of the molecule is [Ar].[Li][CH](C)CC. The molecule has 0 nitrogen and oxygen atoms in total. The first-order valence-corrected chi connectivity index (χ1v) is 2.27. The molecule has 0 bridgehead atoms. The van der Waals surface area contributed by atoms with E-state index in [2.05, 4.69) is 31.6 Å². The van der Waals surface area contributed by atoms with Crippen molar-refractivity contribution in [3.8, 4) is 0 Å². The van der Waals surface area contributed by atoms with Crippen molar-refractivity contribution in [3.05, 3.63) is 0 Å². The summed E-state index contributed by atoms with van der Waals surface area (Å²) < 4.78 is 0.884. The molecule has 0 aromatic heterocycles. The zero-order valence-electron chi connectivity index (χ0n) is 4.64. The van der Waals surface area contributed by atoms with E-state index in [0.29, 0.717) is 0 Å². The third kappa shape index (κ3) is 9.29. The van der Waals surface area contributed by atoms with E-state index in [1.165, 1.54) is 6.42 Å². The molecule has 1 unspecified atom stereocenters. The summed E-state index contributed by atoms with van der Waals surface area (Å²) in [5.41, 5.74) is 0. The molecule has 6 heavy (non-hydrogen) atoms. The van der Waals surface area contributed by atoms with Crippen LogP contribution in [0.1, 0.15) is 20.3 Å². The fraction of sp³-hybridized carbons (Fsp3) is 1.00. The first-order valence-electron chi connectivity index (χ1n) is 2.27. The summed E-state index contributed by atoms with van der Waals surface area (Å²) in [6, 6.07) is 0. The summed E-state index contributed by atoms with van der Waals surface area (Å²) in [5.74, 6) is 0.